The van der Waals surface area contributed by atoms with E-state index in [1.807, 2.05) is 6.07 Å². The number of carbonyl (C=O) groups excluding carboxylic acids is 1. The van der Waals surface area contributed by atoms with Crippen molar-refractivity contribution in [3.63, 3.8) is 0 Å². The van der Waals surface area contributed by atoms with E-state index >= 15 is 0 Å². The van der Waals surface area contributed by atoms with E-state index in [0.29, 0.717) is 30.5 Å². The quantitative estimate of drug-likeness (QED) is 0.613. The van der Waals surface area contributed by atoms with Crippen molar-refractivity contribution >= 4 is 52.3 Å². The topological polar surface area (TPSA) is 92.3 Å². The highest BCUT2D eigenvalue weighted by molar-refractivity contribution is 6.40. The van der Waals surface area contributed by atoms with Crippen LogP contribution in [0, 0.1) is 0 Å². The van der Waals surface area contributed by atoms with Crippen molar-refractivity contribution < 1.29 is 9.53 Å². The number of halogens is 2. The number of nitrogens with zero attached hydrogens (tertiary/aromatic N) is 4. The Labute approximate surface area is 183 Å². The van der Waals surface area contributed by atoms with E-state index < -0.39 is 5.91 Å². The number of pyridine rings is 1. The highest BCUT2D eigenvalue weighted by Gasteiger charge is 2.16. The third-order valence-electron chi connectivity index (χ3n) is 4.45. The van der Waals surface area contributed by atoms with Gasteiger partial charge in [0.15, 0.2) is 0 Å². The van der Waals surface area contributed by atoms with E-state index in [9.17, 15) is 4.79 Å². The molecule has 3 heterocycles. The third-order valence-corrected chi connectivity index (χ3v) is 5.08. The molecule has 154 valence electrons. The van der Waals surface area contributed by atoms with Gasteiger partial charge in [0.1, 0.15) is 23.8 Å². The minimum atomic E-state index is -0.403. The highest BCUT2D eigenvalue weighted by atomic mass is 35.5. The number of rotatable bonds is 5. The summed E-state index contributed by atoms with van der Waals surface area (Å²) in [6.45, 7) is 2.90. The Morgan fingerprint density at radius 1 is 1.00 bits per heavy atom. The Kier molecular flexibility index (Phi) is 6.27. The summed E-state index contributed by atoms with van der Waals surface area (Å²) in [5.41, 5.74) is 0.758. The first-order chi connectivity index (χ1) is 14.6. The molecule has 2 aromatic heterocycles. The minimum absolute atomic E-state index is 0.220. The zero-order valence-corrected chi connectivity index (χ0v) is 17.3. The molecular formula is C20H18Cl2N6O2. The van der Waals surface area contributed by atoms with Gasteiger partial charge in [0, 0.05) is 37.1 Å². The average molecular weight is 445 g/mol. The van der Waals surface area contributed by atoms with Crippen LogP contribution < -0.4 is 15.5 Å². The van der Waals surface area contributed by atoms with Gasteiger partial charge in [-0.1, -0.05) is 29.3 Å². The van der Waals surface area contributed by atoms with Crippen LogP contribution >= 0.6 is 23.2 Å². The van der Waals surface area contributed by atoms with Gasteiger partial charge in [-0.05, 0) is 18.2 Å². The number of nitrogens with one attached hydrogen (secondary N) is 2. The molecule has 8 nitrogen and oxygen atoms in total. The van der Waals surface area contributed by atoms with Crippen molar-refractivity contribution in [3.05, 3.63) is 64.5 Å². The van der Waals surface area contributed by atoms with Crippen molar-refractivity contribution in [1.29, 1.82) is 0 Å². The molecule has 0 atom stereocenters. The molecule has 2 N–H and O–H groups in total. The van der Waals surface area contributed by atoms with Crippen LogP contribution in [0.4, 0.5) is 23.1 Å². The van der Waals surface area contributed by atoms with Crippen LogP contribution in [0.15, 0.2) is 48.9 Å². The Morgan fingerprint density at radius 2 is 1.73 bits per heavy atom. The van der Waals surface area contributed by atoms with E-state index in [2.05, 4.69) is 30.5 Å². The maximum atomic E-state index is 12.6. The van der Waals surface area contributed by atoms with Crippen LogP contribution in [0.1, 0.15) is 10.4 Å². The van der Waals surface area contributed by atoms with Crippen LogP contribution in [-0.4, -0.2) is 47.2 Å². The predicted molar refractivity (Wildman–Crippen MR) is 117 cm³/mol. The van der Waals surface area contributed by atoms with Gasteiger partial charge in [-0.3, -0.25) is 4.79 Å². The number of ether oxygens (including phenoxy) is 1. The number of amides is 1. The lowest BCUT2D eigenvalue weighted by Gasteiger charge is -2.27. The monoisotopic (exact) mass is 444 g/mol. The van der Waals surface area contributed by atoms with E-state index in [-0.39, 0.29) is 15.6 Å². The minimum Gasteiger partial charge on any atom is -0.378 e. The first-order valence-electron chi connectivity index (χ1n) is 9.23. The van der Waals surface area contributed by atoms with E-state index in [1.165, 1.54) is 6.33 Å². The first kappa shape index (κ1) is 20.3. The average Bonchev–Trinajstić information content (AvgIpc) is 2.75. The van der Waals surface area contributed by atoms with Crippen LogP contribution in [0.25, 0.3) is 0 Å². The molecule has 10 heteroatoms. The zero-order valence-electron chi connectivity index (χ0n) is 15.8. The molecule has 0 unspecified atom stereocenters. The number of aromatic nitrogens is 3. The lowest BCUT2D eigenvalue weighted by Crippen LogP contribution is -2.36. The summed E-state index contributed by atoms with van der Waals surface area (Å²) in [6, 6.07) is 10.1. The van der Waals surface area contributed by atoms with Crippen molar-refractivity contribution in [2.45, 2.75) is 0 Å². The Morgan fingerprint density at radius 3 is 2.50 bits per heavy atom. The van der Waals surface area contributed by atoms with Gasteiger partial charge in [-0.2, -0.15) is 0 Å². The van der Waals surface area contributed by atoms with E-state index in [4.69, 9.17) is 27.9 Å². The Bertz CT molecular complexity index is 1040. The lowest BCUT2D eigenvalue weighted by molar-refractivity contribution is 0.102. The fourth-order valence-corrected chi connectivity index (χ4v) is 3.57. The maximum absolute atomic E-state index is 12.6. The molecule has 0 saturated carbocycles. The van der Waals surface area contributed by atoms with E-state index in [1.54, 1.807) is 36.5 Å². The second-order valence-electron chi connectivity index (χ2n) is 6.47. The molecule has 3 aromatic rings. The maximum Gasteiger partial charge on any atom is 0.258 e. The van der Waals surface area contributed by atoms with E-state index in [0.717, 1.165) is 18.9 Å². The molecule has 1 aliphatic rings. The zero-order chi connectivity index (χ0) is 20.9. The van der Waals surface area contributed by atoms with Crippen molar-refractivity contribution in [1.82, 2.24) is 15.0 Å². The molecule has 1 amide bonds. The van der Waals surface area contributed by atoms with Gasteiger partial charge >= 0.3 is 0 Å². The molecule has 1 fully saturated rings. The number of hydrogen-bond acceptors (Lipinski definition) is 7. The second-order valence-corrected chi connectivity index (χ2v) is 7.28. The van der Waals surface area contributed by atoms with Crippen LogP contribution in [0.5, 0.6) is 0 Å². The molecule has 4 rings (SSSR count). The summed E-state index contributed by atoms with van der Waals surface area (Å²) in [6.07, 6.45) is 3.08. The molecule has 30 heavy (non-hydrogen) atoms. The van der Waals surface area contributed by atoms with Gasteiger partial charge in [0.2, 0.25) is 0 Å². The van der Waals surface area contributed by atoms with Gasteiger partial charge in [-0.15, -0.1) is 0 Å². The van der Waals surface area contributed by atoms with Crippen molar-refractivity contribution in [3.8, 4) is 0 Å². The summed E-state index contributed by atoms with van der Waals surface area (Å²) < 4.78 is 5.38. The smallest absolute Gasteiger partial charge is 0.258 e. The SMILES string of the molecule is O=C(Nc1ccnc(Nc2cc(N3CCOCC3)ncn2)c1)c1c(Cl)cccc1Cl. The predicted octanol–water partition coefficient (Wildman–Crippen LogP) is 4.01. The largest absolute Gasteiger partial charge is 0.378 e. The molecule has 1 aliphatic heterocycles. The lowest BCUT2D eigenvalue weighted by atomic mass is 10.2. The first-order valence-corrected chi connectivity index (χ1v) is 9.99. The van der Waals surface area contributed by atoms with Crippen LogP contribution in [0.2, 0.25) is 10.0 Å². The van der Waals surface area contributed by atoms with Crippen molar-refractivity contribution in [2.24, 2.45) is 0 Å². The summed E-state index contributed by atoms with van der Waals surface area (Å²) in [4.78, 5) is 27.6. The Balaban J connectivity index is 1.48. The fourth-order valence-electron chi connectivity index (χ4n) is 3.00. The normalized spacial score (nSPS) is 13.7. The fraction of sp³-hybridized carbons (Fsp3) is 0.200. The van der Waals surface area contributed by atoms with Crippen LogP contribution in [-0.2, 0) is 4.74 Å². The number of hydrogen-bond donors (Lipinski definition) is 2. The van der Waals surface area contributed by atoms with Gasteiger partial charge in [0.25, 0.3) is 5.91 Å². The Hall–Kier alpha value is -2.94. The molecule has 0 radical (unpaired) electrons. The van der Waals surface area contributed by atoms with Gasteiger partial charge < -0.3 is 20.3 Å². The van der Waals surface area contributed by atoms with Crippen molar-refractivity contribution in [2.75, 3.05) is 41.8 Å². The summed E-state index contributed by atoms with van der Waals surface area (Å²) in [5, 5.41) is 6.49. The standard InChI is InChI=1S/C20H18Cl2N6O2/c21-14-2-1-3-15(22)19(14)20(29)26-13-4-5-23-16(10-13)27-17-11-18(25-12-24-17)28-6-8-30-9-7-28/h1-5,10-12H,6-9H2,(H2,23,24,25,26,27,29). The van der Waals surface area contributed by atoms with Crippen LogP contribution in [0.3, 0.4) is 0 Å². The summed E-state index contributed by atoms with van der Waals surface area (Å²) in [5.74, 6) is 1.52. The molecule has 1 saturated heterocycles. The summed E-state index contributed by atoms with van der Waals surface area (Å²) in [7, 11) is 0. The molecule has 0 spiro atoms. The van der Waals surface area contributed by atoms with Gasteiger partial charge in [-0.25, -0.2) is 15.0 Å². The third kappa shape index (κ3) is 4.79. The number of benzene rings is 1. The molecule has 0 bridgehead atoms. The number of morpholine rings is 1. The molecule has 1 aromatic carbocycles. The molecule has 0 aliphatic carbocycles. The highest BCUT2D eigenvalue weighted by Crippen LogP contribution is 2.26. The van der Waals surface area contributed by atoms with Gasteiger partial charge in [0.05, 0.1) is 28.8 Å². The molecular weight excluding hydrogens is 427 g/mol. The number of anilines is 4. The second kappa shape index (κ2) is 9.25. The number of carbonyl (C=O) groups is 1. The summed E-state index contributed by atoms with van der Waals surface area (Å²) >= 11 is 12.2.